The van der Waals surface area contributed by atoms with E-state index in [0.717, 1.165) is 63.7 Å². The number of benzene rings is 3. The molecule has 0 fully saturated rings. The van der Waals surface area contributed by atoms with Crippen LogP contribution in [0.2, 0.25) is 0 Å². The molecule has 4 nitrogen and oxygen atoms in total. The zero-order chi connectivity index (χ0) is 24.8. The maximum atomic E-state index is 12.9. The third kappa shape index (κ3) is 3.93. The number of ketones is 1. The van der Waals surface area contributed by atoms with Gasteiger partial charge in [-0.3, -0.25) is 4.79 Å². The lowest BCUT2D eigenvalue weighted by molar-refractivity contribution is 0.104. The maximum Gasteiger partial charge on any atom is 0.196 e. The minimum atomic E-state index is 0.117. The Morgan fingerprint density at radius 2 is 1.14 bits per heavy atom. The second kappa shape index (κ2) is 9.24. The first-order valence-corrected chi connectivity index (χ1v) is 13.6. The van der Waals surface area contributed by atoms with E-state index in [4.69, 9.17) is 9.47 Å². The molecule has 0 N–H and O–H groups in total. The van der Waals surface area contributed by atoms with E-state index >= 15 is 0 Å². The second-order valence-corrected chi connectivity index (χ2v) is 11.7. The van der Waals surface area contributed by atoms with Crippen molar-refractivity contribution < 1.29 is 14.3 Å². The van der Waals surface area contributed by atoms with Crippen molar-refractivity contribution in [1.82, 2.24) is 0 Å². The summed E-state index contributed by atoms with van der Waals surface area (Å²) in [6.07, 6.45) is 0. The van der Waals surface area contributed by atoms with Crippen LogP contribution in [0.25, 0.3) is 20.2 Å². The van der Waals surface area contributed by atoms with E-state index in [2.05, 4.69) is 45.1 Å². The number of carbonyl (C=O) groups is 1. The highest BCUT2D eigenvalue weighted by Gasteiger charge is 2.31. The highest BCUT2D eigenvalue weighted by molar-refractivity contribution is 9.11. The van der Waals surface area contributed by atoms with Crippen LogP contribution in [0.15, 0.2) is 88.7 Å². The number of methoxy groups -OCH3 is 2. The van der Waals surface area contributed by atoms with Gasteiger partial charge in [0.05, 0.1) is 27.8 Å². The largest absolute Gasteiger partial charge is 0.497 e. The number of hydrogen-bond acceptors (Lipinski definition) is 6. The molecule has 0 saturated heterocycles. The molecule has 2 aromatic heterocycles. The molecule has 7 heteroatoms. The lowest BCUT2D eigenvalue weighted by atomic mass is 10.1. The summed E-state index contributed by atoms with van der Waals surface area (Å²) in [6.45, 7) is 0. The molecule has 36 heavy (non-hydrogen) atoms. The fourth-order valence-electron chi connectivity index (χ4n) is 4.40. The Labute approximate surface area is 225 Å². The maximum absolute atomic E-state index is 12.9. The number of nitrogens with zero attached hydrogens (tertiary/aromatic N) is 1. The summed E-state index contributed by atoms with van der Waals surface area (Å²) in [7, 11) is 3.34. The van der Waals surface area contributed by atoms with E-state index in [1.807, 2.05) is 60.7 Å². The molecule has 0 amide bonds. The molecule has 3 aromatic carbocycles. The molecule has 0 unspecified atom stereocenters. The SMILES string of the molecule is COc1ccc(N(c2ccc(OC)cc2)c2ccc(-c3cc4c(s3)-c3sc(Br)cc3C4=O)cc2)cc1. The molecule has 0 radical (unpaired) electrons. The van der Waals surface area contributed by atoms with E-state index in [1.54, 1.807) is 36.9 Å². The van der Waals surface area contributed by atoms with Crippen molar-refractivity contribution in [2.24, 2.45) is 0 Å². The first-order valence-electron chi connectivity index (χ1n) is 11.2. The third-order valence-electron chi connectivity index (χ3n) is 6.20. The Bertz CT molecular complexity index is 1520. The lowest BCUT2D eigenvalue weighted by Gasteiger charge is -2.26. The molecule has 178 valence electrons. The van der Waals surface area contributed by atoms with Gasteiger partial charge in [0.25, 0.3) is 0 Å². The normalized spacial score (nSPS) is 11.8. The summed E-state index contributed by atoms with van der Waals surface area (Å²) in [6, 6.07) is 28.4. The van der Waals surface area contributed by atoms with Crippen LogP contribution in [0.1, 0.15) is 15.9 Å². The van der Waals surface area contributed by atoms with Gasteiger partial charge in [-0.25, -0.2) is 0 Å². The van der Waals surface area contributed by atoms with Gasteiger partial charge < -0.3 is 14.4 Å². The van der Waals surface area contributed by atoms with Crippen LogP contribution in [0.5, 0.6) is 11.5 Å². The van der Waals surface area contributed by atoms with E-state index in [0.29, 0.717) is 0 Å². The number of anilines is 3. The molecule has 5 aromatic rings. The van der Waals surface area contributed by atoms with E-state index in [1.165, 1.54) is 0 Å². The van der Waals surface area contributed by atoms with Crippen LogP contribution in [-0.2, 0) is 0 Å². The van der Waals surface area contributed by atoms with Crippen molar-refractivity contribution in [2.75, 3.05) is 19.1 Å². The predicted octanol–water partition coefficient (Wildman–Crippen LogP) is 8.94. The topological polar surface area (TPSA) is 38.8 Å². The Hall–Kier alpha value is -3.39. The van der Waals surface area contributed by atoms with Gasteiger partial charge >= 0.3 is 0 Å². The smallest absolute Gasteiger partial charge is 0.196 e. The monoisotopic (exact) mass is 573 g/mol. The van der Waals surface area contributed by atoms with Gasteiger partial charge in [-0.05, 0) is 94.3 Å². The third-order valence-corrected chi connectivity index (χ3v) is 9.19. The molecule has 0 aliphatic heterocycles. The number of halogens is 1. The minimum Gasteiger partial charge on any atom is -0.497 e. The predicted molar refractivity (Wildman–Crippen MR) is 152 cm³/mol. The van der Waals surface area contributed by atoms with Crippen molar-refractivity contribution in [3.05, 3.63) is 99.8 Å². The summed E-state index contributed by atoms with van der Waals surface area (Å²) >= 11 is 6.81. The summed E-state index contributed by atoms with van der Waals surface area (Å²) < 4.78 is 11.7. The van der Waals surface area contributed by atoms with Crippen molar-refractivity contribution in [2.45, 2.75) is 0 Å². The Morgan fingerprint density at radius 1 is 0.667 bits per heavy atom. The van der Waals surface area contributed by atoms with Gasteiger partial charge in [-0.1, -0.05) is 12.1 Å². The van der Waals surface area contributed by atoms with Gasteiger partial charge in [0, 0.05) is 33.1 Å². The summed E-state index contributed by atoms with van der Waals surface area (Å²) in [5.74, 6) is 1.74. The highest BCUT2D eigenvalue weighted by atomic mass is 79.9. The van der Waals surface area contributed by atoms with Crippen LogP contribution < -0.4 is 14.4 Å². The number of rotatable bonds is 6. The van der Waals surface area contributed by atoms with Crippen LogP contribution in [-0.4, -0.2) is 20.0 Å². The highest BCUT2D eigenvalue weighted by Crippen LogP contribution is 2.50. The van der Waals surface area contributed by atoms with E-state index in [-0.39, 0.29) is 5.78 Å². The number of carbonyl (C=O) groups excluding carboxylic acids is 1. The second-order valence-electron chi connectivity index (χ2n) is 8.25. The van der Waals surface area contributed by atoms with Gasteiger partial charge in [-0.2, -0.15) is 0 Å². The first kappa shape index (κ1) is 23.0. The molecule has 0 atom stereocenters. The van der Waals surface area contributed by atoms with Gasteiger partial charge in [0.2, 0.25) is 0 Å². The number of ether oxygens (including phenoxy) is 2. The molecular formula is C29H20BrNO3S2. The van der Waals surface area contributed by atoms with Gasteiger partial charge in [0.15, 0.2) is 5.78 Å². The summed E-state index contributed by atoms with van der Waals surface area (Å²) in [4.78, 5) is 18.3. The average Bonchev–Trinajstić information content (AvgIpc) is 3.58. The lowest BCUT2D eigenvalue weighted by Crippen LogP contribution is -2.09. The number of hydrogen-bond donors (Lipinski definition) is 0. The van der Waals surface area contributed by atoms with Crippen molar-refractivity contribution in [3.8, 4) is 31.7 Å². The standard InChI is InChI=1S/C29H20BrNO3S2/c1-33-21-11-7-19(8-12-21)31(20-9-13-22(34-2)14-10-20)18-5-3-17(4-6-18)25-15-23-27(32)24-16-26(30)36-29(24)28(23)35-25/h3-16H,1-2H3. The van der Waals surface area contributed by atoms with Crippen LogP contribution in [0.4, 0.5) is 17.1 Å². The van der Waals surface area contributed by atoms with Crippen LogP contribution >= 0.6 is 38.6 Å². The number of thiophene rings is 2. The molecule has 1 aliphatic rings. The fraction of sp³-hybridized carbons (Fsp3) is 0.0690. The van der Waals surface area contributed by atoms with Crippen molar-refractivity contribution in [3.63, 3.8) is 0 Å². The van der Waals surface area contributed by atoms with E-state index in [9.17, 15) is 4.79 Å². The first-order chi connectivity index (χ1) is 17.6. The molecule has 0 spiro atoms. The van der Waals surface area contributed by atoms with Crippen molar-refractivity contribution >= 4 is 61.4 Å². The minimum absolute atomic E-state index is 0.117. The quantitative estimate of drug-likeness (QED) is 0.199. The average molecular weight is 575 g/mol. The van der Waals surface area contributed by atoms with Gasteiger partial charge in [0.1, 0.15) is 11.5 Å². The molecule has 0 bridgehead atoms. The van der Waals surface area contributed by atoms with E-state index < -0.39 is 0 Å². The van der Waals surface area contributed by atoms with Crippen LogP contribution in [0.3, 0.4) is 0 Å². The van der Waals surface area contributed by atoms with Crippen LogP contribution in [0, 0.1) is 0 Å². The summed E-state index contributed by atoms with van der Waals surface area (Å²) in [5, 5.41) is 0. The van der Waals surface area contributed by atoms with Crippen molar-refractivity contribution in [1.29, 1.82) is 0 Å². The Balaban J connectivity index is 1.37. The van der Waals surface area contributed by atoms with Gasteiger partial charge in [-0.15, -0.1) is 22.7 Å². The molecule has 0 saturated carbocycles. The molecule has 1 aliphatic carbocycles. The summed E-state index contributed by atoms with van der Waals surface area (Å²) in [5.41, 5.74) is 5.78. The molecule has 2 heterocycles. The Kier molecular flexibility index (Phi) is 5.91. The Morgan fingerprint density at radius 3 is 1.67 bits per heavy atom. The molecule has 6 rings (SSSR count). The zero-order valence-electron chi connectivity index (χ0n) is 19.4. The molecular weight excluding hydrogens is 554 g/mol. The number of fused-ring (bicyclic) bond motifs is 3. The fourth-order valence-corrected chi connectivity index (χ4v) is 7.31. The zero-order valence-corrected chi connectivity index (χ0v) is 22.7.